The summed E-state index contributed by atoms with van der Waals surface area (Å²) in [6.07, 6.45) is 0.506. The molecular weight excluding hydrogens is 284 g/mol. The molecule has 0 spiro atoms. The number of hydrogen-bond acceptors (Lipinski definition) is 2. The van der Waals surface area contributed by atoms with E-state index in [2.05, 4.69) is 12.1 Å². The molecule has 110 valence electrons. The average molecular weight is 303 g/mol. The summed E-state index contributed by atoms with van der Waals surface area (Å²) in [7, 11) is 0. The molecule has 0 fully saturated rings. The van der Waals surface area contributed by atoms with Gasteiger partial charge < -0.3 is 4.74 Å². The molecule has 0 heterocycles. The molecule has 0 bridgehead atoms. The molecule has 2 aromatic carbocycles. The van der Waals surface area contributed by atoms with Crippen molar-refractivity contribution in [2.75, 3.05) is 12.5 Å². The molecule has 0 saturated carbocycles. The normalized spacial score (nSPS) is 11.9. The molecule has 2 aromatic rings. The summed E-state index contributed by atoms with van der Waals surface area (Å²) in [5.41, 5.74) is 2.27. The molecule has 3 heteroatoms. The summed E-state index contributed by atoms with van der Waals surface area (Å²) in [6, 6.07) is 18.0. The lowest BCUT2D eigenvalue weighted by Gasteiger charge is -2.17. The number of Topliss-reactive ketones (excluding diaryl/α,β-unsaturated/α-hetero) is 1. The molecule has 0 N–H and O–H groups in total. The van der Waals surface area contributed by atoms with Crippen molar-refractivity contribution >= 4 is 17.4 Å². The molecule has 0 aromatic heterocycles. The third-order valence-electron chi connectivity index (χ3n) is 3.32. The zero-order valence-corrected chi connectivity index (χ0v) is 12.8. The van der Waals surface area contributed by atoms with Crippen LogP contribution in [-0.2, 0) is 4.79 Å². The minimum absolute atomic E-state index is 0.0887. The standard InChI is InChI=1S/C18H19ClO2/c1-14(20)13-18(15-5-3-2-4-6-15)16-7-9-17(10-8-16)21-12-11-19/h2-10,18H,11-13H2,1H3. The van der Waals surface area contributed by atoms with Crippen LogP contribution in [-0.4, -0.2) is 18.3 Å². The van der Waals surface area contributed by atoms with Crippen LogP contribution in [0.4, 0.5) is 0 Å². The van der Waals surface area contributed by atoms with E-state index in [-0.39, 0.29) is 11.7 Å². The Hall–Kier alpha value is -1.80. The summed E-state index contributed by atoms with van der Waals surface area (Å²) in [5, 5.41) is 0. The Morgan fingerprint density at radius 1 is 1.05 bits per heavy atom. The van der Waals surface area contributed by atoms with E-state index in [9.17, 15) is 4.79 Å². The van der Waals surface area contributed by atoms with E-state index in [4.69, 9.17) is 16.3 Å². The molecular formula is C18H19ClO2. The zero-order valence-electron chi connectivity index (χ0n) is 12.1. The Kier molecular flexibility index (Phi) is 5.82. The van der Waals surface area contributed by atoms with E-state index in [0.29, 0.717) is 18.9 Å². The fourth-order valence-corrected chi connectivity index (χ4v) is 2.43. The highest BCUT2D eigenvalue weighted by Crippen LogP contribution is 2.29. The van der Waals surface area contributed by atoms with Crippen LogP contribution < -0.4 is 4.74 Å². The zero-order chi connectivity index (χ0) is 15.1. The van der Waals surface area contributed by atoms with E-state index in [1.807, 2.05) is 42.5 Å². The average Bonchev–Trinajstić information content (AvgIpc) is 2.52. The molecule has 0 aliphatic rings. The van der Waals surface area contributed by atoms with Gasteiger partial charge in [0.05, 0.1) is 5.88 Å². The van der Waals surface area contributed by atoms with Gasteiger partial charge in [-0.3, -0.25) is 4.79 Å². The number of hydrogen-bond donors (Lipinski definition) is 0. The lowest BCUT2D eigenvalue weighted by Crippen LogP contribution is -2.06. The van der Waals surface area contributed by atoms with E-state index in [0.717, 1.165) is 16.9 Å². The van der Waals surface area contributed by atoms with Gasteiger partial charge in [0, 0.05) is 12.3 Å². The summed E-state index contributed by atoms with van der Waals surface area (Å²) in [5.74, 6) is 1.55. The maximum atomic E-state index is 11.6. The quantitative estimate of drug-likeness (QED) is 0.708. The van der Waals surface area contributed by atoms with Crippen molar-refractivity contribution in [1.82, 2.24) is 0 Å². The predicted molar refractivity (Wildman–Crippen MR) is 86.2 cm³/mol. The smallest absolute Gasteiger partial charge is 0.130 e. The second kappa shape index (κ2) is 7.84. The number of carbonyl (C=O) groups is 1. The first-order chi connectivity index (χ1) is 10.2. The minimum Gasteiger partial charge on any atom is -0.492 e. The van der Waals surface area contributed by atoms with Gasteiger partial charge in [-0.25, -0.2) is 0 Å². The van der Waals surface area contributed by atoms with Crippen LogP contribution in [0.15, 0.2) is 54.6 Å². The molecule has 0 aliphatic heterocycles. The first kappa shape index (κ1) is 15.6. The molecule has 2 rings (SSSR count). The number of alkyl halides is 1. The van der Waals surface area contributed by atoms with Crippen molar-refractivity contribution in [3.05, 3.63) is 65.7 Å². The van der Waals surface area contributed by atoms with Crippen molar-refractivity contribution < 1.29 is 9.53 Å². The number of halogens is 1. The van der Waals surface area contributed by atoms with Gasteiger partial charge in [-0.15, -0.1) is 11.6 Å². The van der Waals surface area contributed by atoms with Gasteiger partial charge in [0.2, 0.25) is 0 Å². The van der Waals surface area contributed by atoms with E-state index >= 15 is 0 Å². The first-order valence-corrected chi connectivity index (χ1v) is 7.57. The molecule has 2 nitrogen and oxygen atoms in total. The molecule has 1 atom stereocenters. The van der Waals surface area contributed by atoms with Gasteiger partial charge in [-0.1, -0.05) is 42.5 Å². The van der Waals surface area contributed by atoms with E-state index in [1.54, 1.807) is 6.92 Å². The van der Waals surface area contributed by atoms with Crippen LogP contribution in [0.25, 0.3) is 0 Å². The Morgan fingerprint density at radius 3 is 2.24 bits per heavy atom. The molecule has 1 unspecified atom stereocenters. The Morgan fingerprint density at radius 2 is 1.67 bits per heavy atom. The third-order valence-corrected chi connectivity index (χ3v) is 3.48. The second-order valence-corrected chi connectivity index (χ2v) is 5.35. The first-order valence-electron chi connectivity index (χ1n) is 7.04. The number of benzene rings is 2. The molecule has 0 aliphatic carbocycles. The topological polar surface area (TPSA) is 26.3 Å². The Labute approximate surface area is 130 Å². The largest absolute Gasteiger partial charge is 0.492 e. The summed E-state index contributed by atoms with van der Waals surface area (Å²) in [6.45, 7) is 2.13. The van der Waals surface area contributed by atoms with Crippen molar-refractivity contribution in [2.24, 2.45) is 0 Å². The fourth-order valence-electron chi connectivity index (χ4n) is 2.35. The second-order valence-electron chi connectivity index (χ2n) is 4.98. The van der Waals surface area contributed by atoms with Crippen molar-refractivity contribution in [2.45, 2.75) is 19.3 Å². The SMILES string of the molecule is CC(=O)CC(c1ccccc1)c1ccc(OCCCl)cc1. The van der Waals surface area contributed by atoms with Gasteiger partial charge in [0.1, 0.15) is 18.1 Å². The van der Waals surface area contributed by atoms with Gasteiger partial charge in [0.25, 0.3) is 0 Å². The predicted octanol–water partition coefficient (Wildman–Crippen LogP) is 4.42. The lowest BCUT2D eigenvalue weighted by atomic mass is 9.87. The lowest BCUT2D eigenvalue weighted by molar-refractivity contribution is -0.117. The minimum atomic E-state index is 0.0887. The molecule has 21 heavy (non-hydrogen) atoms. The van der Waals surface area contributed by atoms with Crippen LogP contribution in [0.3, 0.4) is 0 Å². The van der Waals surface area contributed by atoms with Gasteiger partial charge in [0.15, 0.2) is 0 Å². The van der Waals surface area contributed by atoms with Gasteiger partial charge in [-0.2, -0.15) is 0 Å². The van der Waals surface area contributed by atoms with Crippen molar-refractivity contribution in [3.63, 3.8) is 0 Å². The Bertz CT molecular complexity index is 564. The van der Waals surface area contributed by atoms with E-state index < -0.39 is 0 Å². The molecule has 0 saturated heterocycles. The van der Waals surface area contributed by atoms with Crippen molar-refractivity contribution in [1.29, 1.82) is 0 Å². The number of ether oxygens (including phenoxy) is 1. The number of ketones is 1. The van der Waals surface area contributed by atoms with Crippen LogP contribution in [0.5, 0.6) is 5.75 Å². The number of carbonyl (C=O) groups excluding carboxylic acids is 1. The maximum absolute atomic E-state index is 11.6. The highest BCUT2D eigenvalue weighted by molar-refractivity contribution is 6.18. The summed E-state index contributed by atoms with van der Waals surface area (Å²) < 4.78 is 5.48. The fraction of sp³-hybridized carbons (Fsp3) is 0.278. The van der Waals surface area contributed by atoms with Crippen LogP contribution in [0.2, 0.25) is 0 Å². The van der Waals surface area contributed by atoms with Crippen LogP contribution in [0.1, 0.15) is 30.4 Å². The van der Waals surface area contributed by atoms with Crippen molar-refractivity contribution in [3.8, 4) is 5.75 Å². The Balaban J connectivity index is 2.22. The third kappa shape index (κ3) is 4.61. The van der Waals surface area contributed by atoms with Gasteiger partial charge >= 0.3 is 0 Å². The van der Waals surface area contributed by atoms with E-state index in [1.165, 1.54) is 0 Å². The highest BCUT2D eigenvalue weighted by atomic mass is 35.5. The summed E-state index contributed by atoms with van der Waals surface area (Å²) in [4.78, 5) is 11.6. The molecule has 0 radical (unpaired) electrons. The number of rotatable bonds is 7. The van der Waals surface area contributed by atoms with Crippen LogP contribution >= 0.6 is 11.6 Å². The monoisotopic (exact) mass is 302 g/mol. The highest BCUT2D eigenvalue weighted by Gasteiger charge is 2.16. The maximum Gasteiger partial charge on any atom is 0.130 e. The van der Waals surface area contributed by atoms with Gasteiger partial charge in [-0.05, 0) is 30.2 Å². The van der Waals surface area contributed by atoms with Crippen LogP contribution in [0, 0.1) is 0 Å². The molecule has 0 amide bonds. The summed E-state index contributed by atoms with van der Waals surface area (Å²) >= 11 is 5.61.